The lowest BCUT2D eigenvalue weighted by Gasteiger charge is -2.10. The molecule has 0 unspecified atom stereocenters. The molecule has 0 aliphatic carbocycles. The van der Waals surface area contributed by atoms with Gasteiger partial charge in [0.2, 0.25) is 0 Å². The van der Waals surface area contributed by atoms with E-state index in [1.54, 1.807) is 18.2 Å². The van der Waals surface area contributed by atoms with E-state index in [-0.39, 0.29) is 16.9 Å². The number of hydrogen-bond donors (Lipinski definition) is 2. The third-order valence-electron chi connectivity index (χ3n) is 2.69. The first-order chi connectivity index (χ1) is 9.90. The molecule has 0 radical (unpaired) electrons. The molecule has 0 atom stereocenters. The number of nitrogens with one attached hydrogen (secondary N) is 1. The Morgan fingerprint density at radius 1 is 1.19 bits per heavy atom. The molecule has 3 N–H and O–H groups in total. The van der Waals surface area contributed by atoms with Gasteiger partial charge in [0.25, 0.3) is 11.6 Å². The number of nitrogens with two attached hydrogens (primary N) is 1. The first-order valence-electron chi connectivity index (χ1n) is 5.69. The topological polar surface area (TPSA) is 98.3 Å². The van der Waals surface area contributed by atoms with Crippen LogP contribution in [-0.4, -0.2) is 10.8 Å². The second-order valence-electron chi connectivity index (χ2n) is 4.08. The Bertz CT molecular complexity index is 714. The quantitative estimate of drug-likeness (QED) is 0.451. The third-order valence-corrected chi connectivity index (χ3v) is 4.02. The van der Waals surface area contributed by atoms with Gasteiger partial charge in [-0.25, -0.2) is 0 Å². The Hall–Kier alpha value is -1.93. The number of halogens is 2. The van der Waals surface area contributed by atoms with Crippen LogP contribution in [0.15, 0.2) is 45.3 Å². The highest BCUT2D eigenvalue weighted by Gasteiger charge is 2.17. The van der Waals surface area contributed by atoms with Gasteiger partial charge in [0, 0.05) is 26.8 Å². The zero-order valence-corrected chi connectivity index (χ0v) is 13.6. The van der Waals surface area contributed by atoms with Crippen molar-refractivity contribution in [1.82, 2.24) is 0 Å². The molecule has 21 heavy (non-hydrogen) atoms. The van der Waals surface area contributed by atoms with Gasteiger partial charge in [-0.3, -0.25) is 14.9 Å². The summed E-state index contributed by atoms with van der Waals surface area (Å²) in [6.45, 7) is 0. The number of non-ortho nitro benzene ring substituents is 1. The zero-order chi connectivity index (χ0) is 15.6. The molecule has 0 fully saturated rings. The average molecular weight is 415 g/mol. The molecule has 0 aliphatic heterocycles. The predicted molar refractivity (Wildman–Crippen MR) is 87.3 cm³/mol. The van der Waals surface area contributed by atoms with E-state index in [1.807, 2.05) is 0 Å². The highest BCUT2D eigenvalue weighted by atomic mass is 79.9. The Morgan fingerprint density at radius 3 is 2.38 bits per heavy atom. The fraction of sp³-hybridized carbons (Fsp3) is 0. The molecule has 0 heterocycles. The lowest BCUT2D eigenvalue weighted by atomic mass is 10.1. The molecule has 108 valence electrons. The number of nitro benzene ring substituents is 1. The van der Waals surface area contributed by atoms with Gasteiger partial charge < -0.3 is 11.1 Å². The third kappa shape index (κ3) is 3.40. The van der Waals surface area contributed by atoms with Gasteiger partial charge in [0.1, 0.15) is 0 Å². The highest BCUT2D eigenvalue weighted by molar-refractivity contribution is 9.11. The van der Waals surface area contributed by atoms with Gasteiger partial charge in [-0.15, -0.1) is 0 Å². The molecular formula is C13H9Br2N3O3. The van der Waals surface area contributed by atoms with Crippen LogP contribution in [0.1, 0.15) is 10.4 Å². The lowest BCUT2D eigenvalue weighted by Crippen LogP contribution is -2.15. The maximum absolute atomic E-state index is 12.3. The summed E-state index contributed by atoms with van der Waals surface area (Å²) in [6.07, 6.45) is 0. The second kappa shape index (κ2) is 6.23. The van der Waals surface area contributed by atoms with E-state index in [9.17, 15) is 14.9 Å². The van der Waals surface area contributed by atoms with Crippen LogP contribution in [0.5, 0.6) is 0 Å². The van der Waals surface area contributed by atoms with Crippen LogP contribution in [0.2, 0.25) is 0 Å². The molecule has 2 rings (SSSR count). The van der Waals surface area contributed by atoms with Crippen LogP contribution in [-0.2, 0) is 0 Å². The van der Waals surface area contributed by atoms with Crippen molar-refractivity contribution >= 4 is 54.8 Å². The number of amides is 1. The largest absolute Gasteiger partial charge is 0.398 e. The number of carbonyl (C=O) groups is 1. The number of nitro groups is 1. The van der Waals surface area contributed by atoms with Crippen LogP contribution in [0.25, 0.3) is 0 Å². The van der Waals surface area contributed by atoms with Gasteiger partial charge in [0.05, 0.1) is 16.2 Å². The maximum atomic E-state index is 12.3. The normalized spacial score (nSPS) is 10.2. The zero-order valence-electron chi connectivity index (χ0n) is 10.5. The van der Waals surface area contributed by atoms with Crippen LogP contribution >= 0.6 is 31.9 Å². The molecule has 2 aromatic rings. The summed E-state index contributed by atoms with van der Waals surface area (Å²) in [7, 11) is 0. The Balaban J connectivity index is 2.37. The fourth-order valence-electron chi connectivity index (χ4n) is 1.65. The molecule has 6 nitrogen and oxygen atoms in total. The number of hydrogen-bond acceptors (Lipinski definition) is 4. The molecule has 2 aromatic carbocycles. The molecular weight excluding hydrogens is 406 g/mol. The van der Waals surface area contributed by atoms with Crippen molar-refractivity contribution in [2.45, 2.75) is 0 Å². The Morgan fingerprint density at radius 2 is 1.81 bits per heavy atom. The van der Waals surface area contributed by atoms with E-state index in [0.717, 1.165) is 6.07 Å². The van der Waals surface area contributed by atoms with Crippen molar-refractivity contribution in [3.8, 4) is 0 Å². The van der Waals surface area contributed by atoms with Gasteiger partial charge in [0.15, 0.2) is 0 Å². The minimum atomic E-state index is -0.579. The number of anilines is 2. The molecule has 1 amide bonds. The van der Waals surface area contributed by atoms with Gasteiger partial charge in [-0.05, 0) is 50.1 Å². The molecule has 0 bridgehead atoms. The first-order valence-corrected chi connectivity index (χ1v) is 7.28. The van der Waals surface area contributed by atoms with Crippen LogP contribution < -0.4 is 11.1 Å². The summed E-state index contributed by atoms with van der Waals surface area (Å²) < 4.78 is 1.35. The predicted octanol–water partition coefficient (Wildman–Crippen LogP) is 3.95. The van der Waals surface area contributed by atoms with E-state index in [2.05, 4.69) is 37.2 Å². The summed E-state index contributed by atoms with van der Waals surface area (Å²) >= 11 is 6.64. The van der Waals surface area contributed by atoms with E-state index in [0.29, 0.717) is 14.6 Å². The minimum absolute atomic E-state index is 0.0480. The van der Waals surface area contributed by atoms with Crippen molar-refractivity contribution in [2.24, 2.45) is 0 Å². The van der Waals surface area contributed by atoms with Crippen molar-refractivity contribution < 1.29 is 9.72 Å². The van der Waals surface area contributed by atoms with E-state index in [1.165, 1.54) is 12.1 Å². The Labute approximate surface area is 136 Å². The number of nitrogens with zero attached hydrogens (tertiary/aromatic N) is 1. The summed E-state index contributed by atoms with van der Waals surface area (Å²) in [5, 5.41) is 13.4. The van der Waals surface area contributed by atoms with E-state index >= 15 is 0 Å². The number of carbonyl (C=O) groups excluding carboxylic acids is 1. The van der Waals surface area contributed by atoms with Gasteiger partial charge >= 0.3 is 0 Å². The standard InChI is InChI=1S/C13H9Br2N3O3/c14-9-2-1-3-10(15)12(9)17-13(19)8-6-7(18(20)21)4-5-11(8)16/h1-6H,16H2,(H,17,19). The molecule has 0 spiro atoms. The number of benzene rings is 2. The molecule has 0 aromatic heterocycles. The number of rotatable bonds is 3. The minimum Gasteiger partial charge on any atom is -0.398 e. The van der Waals surface area contributed by atoms with Crippen molar-refractivity contribution in [1.29, 1.82) is 0 Å². The monoisotopic (exact) mass is 413 g/mol. The number of nitrogen functional groups attached to an aromatic ring is 1. The van der Waals surface area contributed by atoms with Gasteiger partial charge in [-0.2, -0.15) is 0 Å². The highest BCUT2D eigenvalue weighted by Crippen LogP contribution is 2.31. The lowest BCUT2D eigenvalue weighted by molar-refractivity contribution is -0.384. The Kier molecular flexibility index (Phi) is 4.59. The van der Waals surface area contributed by atoms with Crippen LogP contribution in [0, 0.1) is 10.1 Å². The maximum Gasteiger partial charge on any atom is 0.270 e. The fourth-order valence-corrected chi connectivity index (χ4v) is 2.85. The summed E-state index contributed by atoms with van der Waals surface area (Å²) in [6, 6.07) is 9.05. The molecule has 0 aliphatic rings. The summed E-state index contributed by atoms with van der Waals surface area (Å²) in [5.74, 6) is -0.524. The average Bonchev–Trinajstić information content (AvgIpc) is 2.43. The summed E-state index contributed by atoms with van der Waals surface area (Å²) in [5.41, 5.74) is 6.26. The van der Waals surface area contributed by atoms with E-state index in [4.69, 9.17) is 5.73 Å². The smallest absolute Gasteiger partial charge is 0.270 e. The molecule has 0 saturated carbocycles. The second-order valence-corrected chi connectivity index (χ2v) is 5.79. The van der Waals surface area contributed by atoms with Crippen LogP contribution in [0.3, 0.4) is 0 Å². The van der Waals surface area contributed by atoms with Crippen molar-refractivity contribution in [3.63, 3.8) is 0 Å². The van der Waals surface area contributed by atoms with E-state index < -0.39 is 10.8 Å². The van der Waals surface area contributed by atoms with Crippen molar-refractivity contribution in [3.05, 3.63) is 61.0 Å². The molecule has 0 saturated heterocycles. The van der Waals surface area contributed by atoms with Crippen molar-refractivity contribution in [2.75, 3.05) is 11.1 Å². The van der Waals surface area contributed by atoms with Crippen LogP contribution in [0.4, 0.5) is 17.1 Å². The SMILES string of the molecule is Nc1ccc([N+](=O)[O-])cc1C(=O)Nc1c(Br)cccc1Br. The first kappa shape index (κ1) is 15.5. The number of para-hydroxylation sites is 1. The summed E-state index contributed by atoms with van der Waals surface area (Å²) in [4.78, 5) is 22.5. The molecule has 8 heteroatoms. The van der Waals surface area contributed by atoms with Gasteiger partial charge in [-0.1, -0.05) is 6.07 Å².